The molecule has 1 rings (SSSR count). The molecular formula is C7H13NW. The second-order valence-corrected chi connectivity index (χ2v) is 2.65. The van der Waals surface area contributed by atoms with Crippen LogP contribution < -0.4 is 0 Å². The fourth-order valence-electron chi connectivity index (χ4n) is 0.763. The molecule has 1 nitrogen and oxygen atoms in total. The van der Waals surface area contributed by atoms with E-state index in [0.717, 1.165) is 6.54 Å². The second kappa shape index (κ2) is 3.16. The van der Waals surface area contributed by atoms with Gasteiger partial charge in [-0.15, -0.1) is 12.1 Å². The molecule has 0 radical (unpaired) electrons. The average molecular weight is 295 g/mol. The van der Waals surface area contributed by atoms with Crippen molar-refractivity contribution >= 4 is 0 Å². The third-order valence-corrected chi connectivity index (χ3v) is 1.97. The van der Waals surface area contributed by atoms with Gasteiger partial charge in [0.15, 0.2) is 0 Å². The molecule has 0 aromatic heterocycles. The SMILES string of the molecule is [CH2-]CN(C)C1([CH2-])CC1.[W+2]. The Morgan fingerprint density at radius 2 is 2.00 bits per heavy atom. The third-order valence-electron chi connectivity index (χ3n) is 1.97. The maximum Gasteiger partial charge on any atom is 2.00 e. The summed E-state index contributed by atoms with van der Waals surface area (Å²) < 4.78 is 0. The second-order valence-electron chi connectivity index (χ2n) is 2.65. The van der Waals surface area contributed by atoms with Gasteiger partial charge in [-0.2, -0.15) is 0 Å². The van der Waals surface area contributed by atoms with Crippen LogP contribution in [0.5, 0.6) is 0 Å². The zero-order valence-electron chi connectivity index (χ0n) is 5.89. The fraction of sp³-hybridized carbons (Fsp3) is 0.714. The Morgan fingerprint density at radius 1 is 1.56 bits per heavy atom. The van der Waals surface area contributed by atoms with Crippen LogP contribution in [-0.4, -0.2) is 24.0 Å². The summed E-state index contributed by atoms with van der Waals surface area (Å²) in [4.78, 5) is 2.20. The molecule has 0 aromatic rings. The molecule has 0 aromatic carbocycles. The minimum atomic E-state index is 0. The van der Waals surface area contributed by atoms with Gasteiger partial charge in [-0.1, -0.05) is 12.8 Å². The van der Waals surface area contributed by atoms with E-state index >= 15 is 0 Å². The van der Waals surface area contributed by atoms with Crippen molar-refractivity contribution in [3.63, 3.8) is 0 Å². The summed E-state index contributed by atoms with van der Waals surface area (Å²) in [6.45, 7) is 8.69. The third kappa shape index (κ3) is 2.05. The Kier molecular flexibility index (Phi) is 3.39. The zero-order chi connectivity index (χ0) is 6.20. The number of rotatable bonds is 2. The van der Waals surface area contributed by atoms with Gasteiger partial charge in [0.2, 0.25) is 0 Å². The van der Waals surface area contributed by atoms with Gasteiger partial charge in [0.05, 0.1) is 0 Å². The maximum atomic E-state index is 4.04. The molecule has 0 unspecified atom stereocenters. The van der Waals surface area contributed by atoms with Crippen LogP contribution in [0.1, 0.15) is 12.8 Å². The topological polar surface area (TPSA) is 3.24 Å². The van der Waals surface area contributed by atoms with Crippen LogP contribution in [0.3, 0.4) is 0 Å². The first-order valence-electron chi connectivity index (χ1n) is 3.05. The predicted molar refractivity (Wildman–Crippen MR) is 35.3 cm³/mol. The molecule has 9 heavy (non-hydrogen) atoms. The number of nitrogens with zero attached hydrogens (tertiary/aromatic N) is 1. The van der Waals surface area contributed by atoms with Crippen molar-refractivity contribution in [2.24, 2.45) is 0 Å². The summed E-state index contributed by atoms with van der Waals surface area (Å²) in [5.41, 5.74) is 0.280. The summed E-state index contributed by atoms with van der Waals surface area (Å²) >= 11 is 0. The monoisotopic (exact) mass is 295 g/mol. The summed E-state index contributed by atoms with van der Waals surface area (Å²) in [6, 6.07) is 0. The van der Waals surface area contributed by atoms with Crippen LogP contribution in [0, 0.1) is 13.8 Å². The first kappa shape index (κ1) is 9.65. The van der Waals surface area contributed by atoms with E-state index in [0.29, 0.717) is 0 Å². The molecule has 0 atom stereocenters. The van der Waals surface area contributed by atoms with Crippen molar-refractivity contribution in [3.8, 4) is 0 Å². The van der Waals surface area contributed by atoms with Crippen LogP contribution in [-0.2, 0) is 21.1 Å². The molecule has 0 bridgehead atoms. The predicted octanol–water partition coefficient (Wildman–Crippen LogP) is 1.12. The molecule has 0 spiro atoms. The fourth-order valence-corrected chi connectivity index (χ4v) is 0.763. The van der Waals surface area contributed by atoms with Crippen molar-refractivity contribution < 1.29 is 21.1 Å². The summed E-state index contributed by atoms with van der Waals surface area (Å²) in [6.07, 6.45) is 2.50. The first-order valence-corrected chi connectivity index (χ1v) is 3.05. The molecule has 0 aliphatic heterocycles. The molecule has 0 N–H and O–H groups in total. The Morgan fingerprint density at radius 3 is 2.11 bits per heavy atom. The Hall–Kier alpha value is 0.648. The molecule has 1 aliphatic carbocycles. The van der Waals surface area contributed by atoms with E-state index in [2.05, 4.69) is 25.8 Å². The Bertz CT molecular complexity index is 88.9. The van der Waals surface area contributed by atoms with Crippen molar-refractivity contribution in [3.05, 3.63) is 13.8 Å². The molecule has 52 valence electrons. The van der Waals surface area contributed by atoms with Gasteiger partial charge in [-0.05, 0) is 7.05 Å². The zero-order valence-corrected chi connectivity index (χ0v) is 8.82. The molecular weight excluding hydrogens is 282 g/mol. The maximum absolute atomic E-state index is 4.04. The van der Waals surface area contributed by atoms with Gasteiger partial charge in [0.25, 0.3) is 0 Å². The van der Waals surface area contributed by atoms with Crippen LogP contribution in [0.2, 0.25) is 0 Å². The normalized spacial score (nSPS) is 21.3. The quantitative estimate of drug-likeness (QED) is 0.690. The van der Waals surface area contributed by atoms with E-state index in [1.165, 1.54) is 12.8 Å². The average Bonchev–Trinajstić information content (AvgIpc) is 2.47. The number of hydrogen-bond acceptors (Lipinski definition) is 1. The van der Waals surface area contributed by atoms with Gasteiger partial charge in [0.1, 0.15) is 0 Å². The Balaban J connectivity index is 0.000000640. The van der Waals surface area contributed by atoms with E-state index in [4.69, 9.17) is 0 Å². The van der Waals surface area contributed by atoms with Crippen molar-refractivity contribution in [1.82, 2.24) is 4.90 Å². The van der Waals surface area contributed by atoms with Gasteiger partial charge in [-0.25, -0.2) is 0 Å². The van der Waals surface area contributed by atoms with Gasteiger partial charge in [-0.3, -0.25) is 0 Å². The van der Waals surface area contributed by atoms with E-state index in [9.17, 15) is 0 Å². The molecule has 2 heteroatoms. The minimum Gasteiger partial charge on any atom is -0.360 e. The summed E-state index contributed by atoms with van der Waals surface area (Å²) in [5.74, 6) is 0. The Labute approximate surface area is 72.1 Å². The minimum absolute atomic E-state index is 0. The first-order chi connectivity index (χ1) is 3.69. The molecule has 1 fully saturated rings. The summed E-state index contributed by atoms with van der Waals surface area (Å²) in [7, 11) is 2.08. The molecule has 0 amide bonds. The molecule has 0 heterocycles. The van der Waals surface area contributed by atoms with Crippen LogP contribution in [0.25, 0.3) is 0 Å². The van der Waals surface area contributed by atoms with Gasteiger partial charge >= 0.3 is 21.1 Å². The van der Waals surface area contributed by atoms with Crippen molar-refractivity contribution in [1.29, 1.82) is 0 Å². The molecule has 1 aliphatic rings. The largest absolute Gasteiger partial charge is 2.00 e. The van der Waals surface area contributed by atoms with Gasteiger partial charge in [0, 0.05) is 0 Å². The van der Waals surface area contributed by atoms with Crippen LogP contribution in [0.4, 0.5) is 0 Å². The van der Waals surface area contributed by atoms with Crippen LogP contribution >= 0.6 is 0 Å². The van der Waals surface area contributed by atoms with E-state index in [1.807, 2.05) is 0 Å². The molecule has 1 saturated carbocycles. The smallest absolute Gasteiger partial charge is 0.360 e. The standard InChI is InChI=1S/C7H13N.W/c1-4-8(3)7(2)5-6-7;/h1-2,4-6H2,3H3;/q-2;+2. The molecule has 0 saturated heterocycles. The van der Waals surface area contributed by atoms with Gasteiger partial charge < -0.3 is 18.7 Å². The van der Waals surface area contributed by atoms with Crippen molar-refractivity contribution in [2.75, 3.05) is 13.6 Å². The van der Waals surface area contributed by atoms with E-state index in [-0.39, 0.29) is 26.6 Å². The van der Waals surface area contributed by atoms with E-state index in [1.54, 1.807) is 0 Å². The van der Waals surface area contributed by atoms with E-state index < -0.39 is 0 Å². The van der Waals surface area contributed by atoms with Crippen LogP contribution in [0.15, 0.2) is 0 Å². The number of hydrogen-bond donors (Lipinski definition) is 0. The van der Waals surface area contributed by atoms with Crippen molar-refractivity contribution in [2.45, 2.75) is 18.4 Å². The summed E-state index contributed by atoms with van der Waals surface area (Å²) in [5, 5.41) is 0.